The first-order chi connectivity index (χ1) is 29.0. The fourth-order valence-electron chi connectivity index (χ4n) is 7.37. The summed E-state index contributed by atoms with van der Waals surface area (Å²) in [6.45, 7) is 4.79. The van der Waals surface area contributed by atoms with Gasteiger partial charge in [-0.15, -0.1) is 0 Å². The van der Waals surface area contributed by atoms with Crippen LogP contribution in [0.5, 0.6) is 0 Å². The van der Waals surface area contributed by atoms with Crippen LogP contribution in [0.2, 0.25) is 0 Å². The van der Waals surface area contributed by atoms with Gasteiger partial charge in [-0.1, -0.05) is 204 Å². The van der Waals surface area contributed by atoms with Gasteiger partial charge in [0.1, 0.15) is 0 Å². The molecule has 59 heavy (non-hydrogen) atoms. The lowest BCUT2D eigenvalue weighted by Gasteiger charge is -2.20. The number of esters is 1. The van der Waals surface area contributed by atoms with E-state index in [1.807, 2.05) is 6.08 Å². The zero-order valence-corrected chi connectivity index (χ0v) is 39.0. The Morgan fingerprint density at radius 2 is 0.864 bits per heavy atom. The Morgan fingerprint density at radius 1 is 0.475 bits per heavy atom. The van der Waals surface area contributed by atoms with Gasteiger partial charge in [0, 0.05) is 12.8 Å². The van der Waals surface area contributed by atoms with Crippen LogP contribution >= 0.6 is 0 Å². The number of carbonyl (C=O) groups excluding carboxylic acids is 2. The molecule has 0 rings (SSSR count). The van der Waals surface area contributed by atoms with Crippen molar-refractivity contribution in [2.24, 2.45) is 0 Å². The number of aliphatic hydroxyl groups excluding tert-OH is 2. The standard InChI is InChI=1S/C53H97NO5/c1-3-5-7-9-11-13-15-16-17-19-22-26-29-33-37-41-45-51(56)50(49-55)54-52(57)46-42-38-34-30-27-23-20-18-21-24-28-32-36-40-44-48-59-53(58)47-43-39-35-31-25-14-12-10-8-6-4-2/h10,12,18,21,24,28,41,45,50-51,55-56H,3-9,11,13-17,19-20,22-23,25-27,29-40,42-44,46-49H2,1-2H3,(H,54,57)/b12-10-,21-18-,28-24-,45-41+. The van der Waals surface area contributed by atoms with Crippen LogP contribution in [-0.4, -0.2) is 47.4 Å². The maximum absolute atomic E-state index is 12.4. The summed E-state index contributed by atoms with van der Waals surface area (Å²) in [6, 6.07) is -0.645. The van der Waals surface area contributed by atoms with E-state index in [1.54, 1.807) is 6.08 Å². The minimum atomic E-state index is -0.859. The highest BCUT2D eigenvalue weighted by atomic mass is 16.5. The van der Waals surface area contributed by atoms with Crippen molar-refractivity contribution < 1.29 is 24.5 Å². The minimum absolute atomic E-state index is 0.0349. The molecule has 0 spiro atoms. The predicted octanol–water partition coefficient (Wildman–Crippen LogP) is 15.1. The van der Waals surface area contributed by atoms with E-state index < -0.39 is 12.1 Å². The number of amides is 1. The second kappa shape index (κ2) is 48.5. The number of aliphatic hydroxyl groups is 2. The van der Waals surface area contributed by atoms with Crippen LogP contribution in [0.3, 0.4) is 0 Å². The van der Waals surface area contributed by atoms with Crippen molar-refractivity contribution in [3.05, 3.63) is 48.6 Å². The Morgan fingerprint density at radius 3 is 1.36 bits per heavy atom. The van der Waals surface area contributed by atoms with E-state index in [1.165, 1.54) is 148 Å². The van der Waals surface area contributed by atoms with E-state index in [4.69, 9.17) is 4.74 Å². The Balaban J connectivity index is 3.59. The van der Waals surface area contributed by atoms with Gasteiger partial charge in [-0.3, -0.25) is 9.59 Å². The number of hydrogen-bond acceptors (Lipinski definition) is 5. The second-order valence-corrected chi connectivity index (χ2v) is 17.2. The van der Waals surface area contributed by atoms with Gasteiger partial charge in [-0.05, 0) is 83.5 Å². The van der Waals surface area contributed by atoms with Crippen molar-refractivity contribution in [3.63, 3.8) is 0 Å². The zero-order valence-electron chi connectivity index (χ0n) is 39.0. The van der Waals surface area contributed by atoms with E-state index >= 15 is 0 Å². The van der Waals surface area contributed by atoms with Crippen LogP contribution in [0, 0.1) is 0 Å². The van der Waals surface area contributed by atoms with Crippen LogP contribution in [0.1, 0.15) is 251 Å². The average molecular weight is 828 g/mol. The molecule has 344 valence electrons. The lowest BCUT2D eigenvalue weighted by molar-refractivity contribution is -0.143. The summed E-state index contributed by atoms with van der Waals surface area (Å²) < 4.78 is 5.41. The quantitative estimate of drug-likeness (QED) is 0.0246. The predicted molar refractivity (Wildman–Crippen MR) is 255 cm³/mol. The summed E-state index contributed by atoms with van der Waals surface area (Å²) in [5.41, 5.74) is 0. The topological polar surface area (TPSA) is 95.9 Å². The van der Waals surface area contributed by atoms with E-state index in [-0.39, 0.29) is 18.5 Å². The van der Waals surface area contributed by atoms with Crippen LogP contribution in [0.25, 0.3) is 0 Å². The minimum Gasteiger partial charge on any atom is -0.466 e. The highest BCUT2D eigenvalue weighted by molar-refractivity contribution is 5.76. The van der Waals surface area contributed by atoms with Gasteiger partial charge >= 0.3 is 5.97 Å². The molecule has 0 aliphatic carbocycles. The molecule has 0 aliphatic heterocycles. The summed E-state index contributed by atoms with van der Waals surface area (Å²) in [4.78, 5) is 24.4. The van der Waals surface area contributed by atoms with E-state index in [0.29, 0.717) is 19.4 Å². The molecule has 6 nitrogen and oxygen atoms in total. The molecular formula is C53H97NO5. The normalized spacial score (nSPS) is 13.1. The lowest BCUT2D eigenvalue weighted by Crippen LogP contribution is -2.45. The molecule has 1 amide bonds. The zero-order chi connectivity index (χ0) is 43.0. The molecule has 0 aromatic carbocycles. The molecule has 0 fully saturated rings. The Hall–Kier alpha value is -2.18. The number of carbonyl (C=O) groups is 2. The van der Waals surface area contributed by atoms with Crippen molar-refractivity contribution in [3.8, 4) is 0 Å². The van der Waals surface area contributed by atoms with Gasteiger partial charge in [0.05, 0.1) is 25.4 Å². The molecule has 2 unspecified atom stereocenters. The molecule has 2 atom stereocenters. The third-order valence-corrected chi connectivity index (χ3v) is 11.3. The number of rotatable bonds is 46. The number of hydrogen-bond donors (Lipinski definition) is 3. The summed E-state index contributed by atoms with van der Waals surface area (Å²) >= 11 is 0. The molecule has 0 aromatic rings. The molecule has 0 saturated carbocycles. The number of unbranched alkanes of at least 4 members (excludes halogenated alkanes) is 30. The molecular weight excluding hydrogens is 731 g/mol. The fraction of sp³-hybridized carbons (Fsp3) is 0.811. The molecule has 0 radical (unpaired) electrons. The van der Waals surface area contributed by atoms with Crippen molar-refractivity contribution in [1.29, 1.82) is 0 Å². The third kappa shape index (κ3) is 45.2. The third-order valence-electron chi connectivity index (χ3n) is 11.3. The first-order valence-electron chi connectivity index (χ1n) is 25.4. The van der Waals surface area contributed by atoms with Gasteiger partial charge < -0.3 is 20.3 Å². The lowest BCUT2D eigenvalue weighted by atomic mass is 10.0. The summed E-state index contributed by atoms with van der Waals surface area (Å²) in [5, 5.41) is 23.0. The van der Waals surface area contributed by atoms with Gasteiger partial charge in [0.2, 0.25) is 5.91 Å². The maximum atomic E-state index is 12.4. The van der Waals surface area contributed by atoms with E-state index in [0.717, 1.165) is 77.0 Å². The molecule has 0 bridgehead atoms. The van der Waals surface area contributed by atoms with E-state index in [2.05, 4.69) is 55.6 Å². The summed E-state index contributed by atoms with van der Waals surface area (Å²) in [7, 11) is 0. The molecule has 0 heterocycles. The smallest absolute Gasteiger partial charge is 0.305 e. The number of allylic oxidation sites excluding steroid dienone is 7. The first kappa shape index (κ1) is 56.8. The SMILES string of the molecule is CCCC/C=C\CCCCCCCC(=O)OCCCCC/C=C\C=C/CCCCCCCCC(=O)NC(CO)C(O)/C=C/CCCCCCCCCCCCCCCC. The van der Waals surface area contributed by atoms with Gasteiger partial charge in [0.25, 0.3) is 0 Å². The first-order valence-corrected chi connectivity index (χ1v) is 25.4. The molecule has 0 aliphatic rings. The van der Waals surface area contributed by atoms with Crippen molar-refractivity contribution >= 4 is 11.9 Å². The molecule has 0 saturated heterocycles. The maximum Gasteiger partial charge on any atom is 0.305 e. The largest absolute Gasteiger partial charge is 0.466 e. The van der Waals surface area contributed by atoms with Gasteiger partial charge in [-0.25, -0.2) is 0 Å². The highest BCUT2D eigenvalue weighted by Gasteiger charge is 2.18. The fourth-order valence-corrected chi connectivity index (χ4v) is 7.37. The summed E-state index contributed by atoms with van der Waals surface area (Å²) in [5.74, 6) is -0.126. The second-order valence-electron chi connectivity index (χ2n) is 17.2. The Labute approximate surface area is 366 Å². The Bertz CT molecular complexity index is 1000. The number of ether oxygens (including phenoxy) is 1. The van der Waals surface area contributed by atoms with Crippen LogP contribution < -0.4 is 5.32 Å². The number of nitrogens with one attached hydrogen (secondary N) is 1. The molecule has 3 N–H and O–H groups in total. The molecule has 0 aromatic heterocycles. The van der Waals surface area contributed by atoms with Crippen LogP contribution in [0.15, 0.2) is 48.6 Å². The summed E-state index contributed by atoms with van der Waals surface area (Å²) in [6.07, 6.45) is 59.6. The van der Waals surface area contributed by atoms with Crippen molar-refractivity contribution in [2.45, 2.75) is 264 Å². The monoisotopic (exact) mass is 828 g/mol. The van der Waals surface area contributed by atoms with Crippen molar-refractivity contribution in [1.82, 2.24) is 5.32 Å². The van der Waals surface area contributed by atoms with Gasteiger partial charge in [-0.2, -0.15) is 0 Å². The highest BCUT2D eigenvalue weighted by Crippen LogP contribution is 2.15. The van der Waals surface area contributed by atoms with Crippen molar-refractivity contribution in [2.75, 3.05) is 13.2 Å². The molecule has 6 heteroatoms. The Kier molecular flexibility index (Phi) is 46.7. The van der Waals surface area contributed by atoms with Crippen LogP contribution in [-0.2, 0) is 14.3 Å². The van der Waals surface area contributed by atoms with Crippen LogP contribution in [0.4, 0.5) is 0 Å². The van der Waals surface area contributed by atoms with E-state index in [9.17, 15) is 19.8 Å². The average Bonchev–Trinajstić information content (AvgIpc) is 3.24. The van der Waals surface area contributed by atoms with Gasteiger partial charge in [0.15, 0.2) is 0 Å².